The molecule has 4 nitrogen and oxygen atoms in total. The molecule has 0 amide bonds. The summed E-state index contributed by atoms with van der Waals surface area (Å²) in [7, 11) is 2.05. The number of nitrogens with zero attached hydrogens (tertiary/aromatic N) is 2. The Bertz CT molecular complexity index is 380. The molecule has 1 fully saturated rings. The van der Waals surface area contributed by atoms with Crippen LogP contribution in [0.25, 0.3) is 0 Å². The summed E-state index contributed by atoms with van der Waals surface area (Å²) in [4.78, 5) is 17.0. The maximum atomic E-state index is 10.7. The summed E-state index contributed by atoms with van der Waals surface area (Å²) in [5.74, 6) is -0.391. The molecule has 1 aliphatic carbocycles. The molecular formula is C13H18N2O2. The Morgan fingerprint density at radius 3 is 3.06 bits per heavy atom. The summed E-state index contributed by atoms with van der Waals surface area (Å²) in [5, 5.41) is 8.82. The molecule has 4 heteroatoms. The smallest absolute Gasteiger partial charge is 0.306 e. The highest BCUT2D eigenvalue weighted by atomic mass is 16.4. The second kappa shape index (κ2) is 5.27. The van der Waals surface area contributed by atoms with Gasteiger partial charge in [-0.05, 0) is 37.4 Å². The highest BCUT2D eigenvalue weighted by molar-refractivity contribution is 5.73. The molecular weight excluding hydrogens is 216 g/mol. The van der Waals surface area contributed by atoms with Gasteiger partial charge in [0, 0.05) is 25.5 Å². The minimum atomic E-state index is -0.643. The van der Waals surface area contributed by atoms with Crippen LogP contribution in [0.2, 0.25) is 0 Å². The van der Waals surface area contributed by atoms with E-state index in [1.165, 1.54) is 5.56 Å². The monoisotopic (exact) mass is 234 g/mol. The highest BCUT2D eigenvalue weighted by Gasteiger charge is 2.43. The summed E-state index contributed by atoms with van der Waals surface area (Å²) < 4.78 is 0. The quantitative estimate of drug-likeness (QED) is 0.805. The number of aliphatic carboxylic acids is 1. The van der Waals surface area contributed by atoms with Crippen molar-refractivity contribution in [1.29, 1.82) is 0 Å². The number of aromatic nitrogens is 1. The van der Waals surface area contributed by atoms with Gasteiger partial charge in [0.25, 0.3) is 0 Å². The van der Waals surface area contributed by atoms with Crippen molar-refractivity contribution in [2.24, 2.45) is 11.8 Å². The molecule has 1 N–H and O–H groups in total. The van der Waals surface area contributed by atoms with Gasteiger partial charge in [-0.2, -0.15) is 0 Å². The molecule has 0 spiro atoms. The molecule has 2 unspecified atom stereocenters. The van der Waals surface area contributed by atoms with Crippen molar-refractivity contribution >= 4 is 5.97 Å². The summed E-state index contributed by atoms with van der Waals surface area (Å²) >= 11 is 0. The SMILES string of the molecule is CN(CCc1cccnc1)CC1CC1C(=O)O. The Morgan fingerprint density at radius 1 is 1.65 bits per heavy atom. The van der Waals surface area contributed by atoms with Crippen molar-refractivity contribution in [2.45, 2.75) is 12.8 Å². The van der Waals surface area contributed by atoms with E-state index in [2.05, 4.69) is 16.0 Å². The average Bonchev–Trinajstić information content (AvgIpc) is 3.07. The van der Waals surface area contributed by atoms with Crippen LogP contribution in [0.3, 0.4) is 0 Å². The first-order valence-electron chi connectivity index (χ1n) is 5.97. The topological polar surface area (TPSA) is 53.4 Å². The van der Waals surface area contributed by atoms with Gasteiger partial charge in [0.1, 0.15) is 0 Å². The third-order valence-corrected chi connectivity index (χ3v) is 3.29. The van der Waals surface area contributed by atoms with Crippen LogP contribution in [0.15, 0.2) is 24.5 Å². The minimum Gasteiger partial charge on any atom is -0.481 e. The molecule has 92 valence electrons. The number of pyridine rings is 1. The molecule has 0 bridgehead atoms. The van der Waals surface area contributed by atoms with Crippen LogP contribution in [0.5, 0.6) is 0 Å². The Labute approximate surface area is 101 Å². The molecule has 1 aromatic heterocycles. The lowest BCUT2D eigenvalue weighted by Crippen LogP contribution is -2.24. The first-order valence-corrected chi connectivity index (χ1v) is 5.97. The molecule has 2 atom stereocenters. The number of carbonyl (C=O) groups is 1. The van der Waals surface area contributed by atoms with Gasteiger partial charge in [0.15, 0.2) is 0 Å². The van der Waals surface area contributed by atoms with Gasteiger partial charge in [0.2, 0.25) is 0 Å². The van der Waals surface area contributed by atoms with Crippen molar-refractivity contribution in [3.63, 3.8) is 0 Å². The van der Waals surface area contributed by atoms with Crippen LogP contribution in [-0.4, -0.2) is 41.1 Å². The largest absolute Gasteiger partial charge is 0.481 e. The number of hydrogen-bond donors (Lipinski definition) is 1. The molecule has 0 radical (unpaired) electrons. The van der Waals surface area contributed by atoms with Crippen LogP contribution < -0.4 is 0 Å². The minimum absolute atomic E-state index is 0.101. The molecule has 2 rings (SSSR count). The van der Waals surface area contributed by atoms with E-state index in [0.29, 0.717) is 5.92 Å². The molecule has 17 heavy (non-hydrogen) atoms. The number of carboxylic acid groups (broad SMARTS) is 1. The third-order valence-electron chi connectivity index (χ3n) is 3.29. The van der Waals surface area contributed by atoms with E-state index in [-0.39, 0.29) is 5.92 Å². The van der Waals surface area contributed by atoms with Gasteiger partial charge >= 0.3 is 5.97 Å². The van der Waals surface area contributed by atoms with E-state index in [4.69, 9.17) is 5.11 Å². The van der Waals surface area contributed by atoms with E-state index >= 15 is 0 Å². The Balaban J connectivity index is 1.69. The lowest BCUT2D eigenvalue weighted by molar-refractivity contribution is -0.138. The predicted octanol–water partition coefficient (Wildman–Crippen LogP) is 1.28. The second-order valence-corrected chi connectivity index (χ2v) is 4.81. The van der Waals surface area contributed by atoms with Crippen molar-refractivity contribution in [3.8, 4) is 0 Å². The molecule has 0 saturated heterocycles. The van der Waals surface area contributed by atoms with E-state index in [1.807, 2.05) is 19.3 Å². The first kappa shape index (κ1) is 12.0. The van der Waals surface area contributed by atoms with E-state index in [9.17, 15) is 4.79 Å². The van der Waals surface area contributed by atoms with Crippen molar-refractivity contribution in [1.82, 2.24) is 9.88 Å². The van der Waals surface area contributed by atoms with Crippen molar-refractivity contribution < 1.29 is 9.90 Å². The van der Waals surface area contributed by atoms with Gasteiger partial charge in [-0.3, -0.25) is 9.78 Å². The molecule has 1 aliphatic rings. The van der Waals surface area contributed by atoms with Crippen LogP contribution in [-0.2, 0) is 11.2 Å². The van der Waals surface area contributed by atoms with Gasteiger partial charge in [-0.25, -0.2) is 0 Å². The normalized spacial score (nSPS) is 22.7. The zero-order valence-corrected chi connectivity index (χ0v) is 10.0. The van der Waals surface area contributed by atoms with Gasteiger partial charge < -0.3 is 10.0 Å². The summed E-state index contributed by atoms with van der Waals surface area (Å²) in [6, 6.07) is 4.01. The van der Waals surface area contributed by atoms with Crippen LogP contribution in [0.4, 0.5) is 0 Å². The van der Waals surface area contributed by atoms with E-state index in [0.717, 1.165) is 25.9 Å². The van der Waals surface area contributed by atoms with Crippen LogP contribution in [0, 0.1) is 11.8 Å². The number of likely N-dealkylation sites (N-methyl/N-ethyl adjacent to an activating group) is 1. The zero-order chi connectivity index (χ0) is 12.3. The Hall–Kier alpha value is -1.42. The van der Waals surface area contributed by atoms with Crippen molar-refractivity contribution in [2.75, 3.05) is 20.1 Å². The standard InChI is InChI=1S/C13H18N2O2/c1-15(9-11-7-12(11)13(16)17)6-4-10-3-2-5-14-8-10/h2-3,5,8,11-12H,4,6-7,9H2,1H3,(H,16,17). The lowest BCUT2D eigenvalue weighted by Gasteiger charge is -2.15. The van der Waals surface area contributed by atoms with Crippen molar-refractivity contribution in [3.05, 3.63) is 30.1 Å². The number of carboxylic acids is 1. The number of hydrogen-bond acceptors (Lipinski definition) is 3. The summed E-state index contributed by atoms with van der Waals surface area (Å²) in [6.07, 6.45) is 5.46. The zero-order valence-electron chi connectivity index (χ0n) is 10.0. The van der Waals surface area contributed by atoms with Gasteiger partial charge in [-0.1, -0.05) is 6.07 Å². The third kappa shape index (κ3) is 3.53. The maximum Gasteiger partial charge on any atom is 0.306 e. The van der Waals surface area contributed by atoms with Crippen LogP contribution >= 0.6 is 0 Å². The fourth-order valence-corrected chi connectivity index (χ4v) is 2.11. The van der Waals surface area contributed by atoms with Crippen LogP contribution in [0.1, 0.15) is 12.0 Å². The first-order chi connectivity index (χ1) is 8.16. The Kier molecular flexibility index (Phi) is 3.74. The summed E-state index contributed by atoms with van der Waals surface area (Å²) in [5.41, 5.74) is 1.23. The van der Waals surface area contributed by atoms with E-state index < -0.39 is 5.97 Å². The Morgan fingerprint density at radius 2 is 2.47 bits per heavy atom. The average molecular weight is 234 g/mol. The molecule has 1 saturated carbocycles. The van der Waals surface area contributed by atoms with Gasteiger partial charge in [0.05, 0.1) is 5.92 Å². The van der Waals surface area contributed by atoms with E-state index in [1.54, 1.807) is 6.20 Å². The van der Waals surface area contributed by atoms with Gasteiger partial charge in [-0.15, -0.1) is 0 Å². The fourth-order valence-electron chi connectivity index (χ4n) is 2.11. The predicted molar refractivity (Wildman–Crippen MR) is 64.7 cm³/mol. The molecule has 1 aromatic rings. The number of rotatable bonds is 6. The molecule has 0 aliphatic heterocycles. The maximum absolute atomic E-state index is 10.7. The molecule has 0 aromatic carbocycles. The fraction of sp³-hybridized carbons (Fsp3) is 0.538. The lowest BCUT2D eigenvalue weighted by atomic mass is 10.2. The molecule has 1 heterocycles. The summed E-state index contributed by atoms with van der Waals surface area (Å²) in [6.45, 7) is 1.84. The second-order valence-electron chi connectivity index (χ2n) is 4.81. The highest BCUT2D eigenvalue weighted by Crippen LogP contribution is 2.38.